The van der Waals surface area contributed by atoms with Gasteiger partial charge in [-0.3, -0.25) is 4.99 Å². The molecule has 1 aliphatic heterocycles. The van der Waals surface area contributed by atoms with Gasteiger partial charge in [0.15, 0.2) is 0 Å². The second-order valence-electron chi connectivity index (χ2n) is 3.89. The smallest absolute Gasteiger partial charge is 0.114 e. The van der Waals surface area contributed by atoms with Crippen molar-refractivity contribution in [1.29, 1.82) is 0 Å². The zero-order valence-corrected chi connectivity index (χ0v) is 9.11. The first-order valence-corrected chi connectivity index (χ1v) is 5.13. The molecule has 0 atom stereocenters. The third kappa shape index (κ3) is 3.32. The predicted octanol–water partition coefficient (Wildman–Crippen LogP) is 2.31. The minimum atomic E-state index is 0.873. The van der Waals surface area contributed by atoms with E-state index in [1.54, 1.807) is 0 Å². The third-order valence-corrected chi connectivity index (χ3v) is 2.69. The molecule has 0 amide bonds. The molecule has 0 aromatic rings. The molecule has 0 aromatic carbocycles. The first-order chi connectivity index (χ1) is 6.74. The number of piperidine rings is 1. The standard InChI is InChI=1S/C11H19N3/c1-10-4-6-14(7-5-10)11(2)8-13-9-12-3/h8-10H,3-7H2,1-2H3/b11-8+,13-9-. The van der Waals surface area contributed by atoms with E-state index < -0.39 is 0 Å². The summed E-state index contributed by atoms with van der Waals surface area (Å²) in [4.78, 5) is 9.96. The summed E-state index contributed by atoms with van der Waals surface area (Å²) in [7, 11) is 0. The van der Waals surface area contributed by atoms with E-state index in [1.807, 2.05) is 6.20 Å². The Morgan fingerprint density at radius 3 is 2.64 bits per heavy atom. The van der Waals surface area contributed by atoms with Crippen LogP contribution in [0.15, 0.2) is 21.9 Å². The van der Waals surface area contributed by atoms with Crippen LogP contribution in [-0.4, -0.2) is 31.0 Å². The minimum Gasteiger partial charge on any atom is -0.374 e. The summed E-state index contributed by atoms with van der Waals surface area (Å²) in [5.41, 5.74) is 1.22. The third-order valence-electron chi connectivity index (χ3n) is 2.69. The van der Waals surface area contributed by atoms with Crippen LogP contribution in [0.1, 0.15) is 26.7 Å². The summed E-state index contributed by atoms with van der Waals surface area (Å²) >= 11 is 0. The first kappa shape index (κ1) is 11.0. The van der Waals surface area contributed by atoms with Crippen LogP contribution in [0.2, 0.25) is 0 Å². The number of likely N-dealkylation sites (tertiary alicyclic amines) is 1. The van der Waals surface area contributed by atoms with Crippen molar-refractivity contribution in [1.82, 2.24) is 4.90 Å². The molecule has 78 valence electrons. The van der Waals surface area contributed by atoms with Crippen LogP contribution in [0.25, 0.3) is 0 Å². The normalized spacial score (nSPS) is 20.4. The van der Waals surface area contributed by atoms with Gasteiger partial charge in [0, 0.05) is 25.0 Å². The van der Waals surface area contributed by atoms with Crippen molar-refractivity contribution in [3.8, 4) is 0 Å². The molecule has 1 fully saturated rings. The van der Waals surface area contributed by atoms with Gasteiger partial charge in [-0.2, -0.15) is 0 Å². The monoisotopic (exact) mass is 193 g/mol. The van der Waals surface area contributed by atoms with Gasteiger partial charge in [0.2, 0.25) is 0 Å². The van der Waals surface area contributed by atoms with Gasteiger partial charge < -0.3 is 4.90 Å². The highest BCUT2D eigenvalue weighted by molar-refractivity contribution is 5.62. The van der Waals surface area contributed by atoms with Gasteiger partial charge in [-0.1, -0.05) is 6.92 Å². The van der Waals surface area contributed by atoms with Crippen LogP contribution in [0, 0.1) is 5.92 Å². The molecule has 0 aliphatic carbocycles. The van der Waals surface area contributed by atoms with Gasteiger partial charge in [-0.15, -0.1) is 0 Å². The molecule has 0 unspecified atom stereocenters. The number of hydrogen-bond donors (Lipinski definition) is 0. The average Bonchev–Trinajstić information content (AvgIpc) is 2.19. The molecule has 1 aliphatic rings. The number of allylic oxidation sites excluding steroid dienone is 1. The van der Waals surface area contributed by atoms with Gasteiger partial charge in [0.1, 0.15) is 6.34 Å². The summed E-state index contributed by atoms with van der Waals surface area (Å²) in [6, 6.07) is 0. The number of rotatable bonds is 3. The number of hydrogen-bond acceptors (Lipinski definition) is 2. The molecule has 1 saturated heterocycles. The summed E-state index contributed by atoms with van der Waals surface area (Å²) in [5.74, 6) is 0.873. The van der Waals surface area contributed by atoms with E-state index in [0.717, 1.165) is 19.0 Å². The van der Waals surface area contributed by atoms with Gasteiger partial charge in [0.05, 0.1) is 0 Å². The predicted molar refractivity (Wildman–Crippen MR) is 61.8 cm³/mol. The quantitative estimate of drug-likeness (QED) is 0.499. The molecule has 1 heterocycles. The number of aliphatic imine (C=N–C) groups is 2. The Labute approximate surface area is 86.2 Å². The van der Waals surface area contributed by atoms with E-state index in [0.29, 0.717) is 0 Å². The van der Waals surface area contributed by atoms with Crippen LogP contribution in [-0.2, 0) is 0 Å². The molecule has 0 saturated carbocycles. The molecular formula is C11H19N3. The Hall–Kier alpha value is -1.12. The van der Waals surface area contributed by atoms with E-state index in [1.165, 1.54) is 24.9 Å². The van der Waals surface area contributed by atoms with Crippen LogP contribution in [0.4, 0.5) is 0 Å². The molecule has 0 N–H and O–H groups in total. The van der Waals surface area contributed by atoms with E-state index in [2.05, 4.69) is 35.4 Å². The molecule has 0 bridgehead atoms. The fourth-order valence-electron chi connectivity index (χ4n) is 1.63. The molecule has 0 radical (unpaired) electrons. The van der Waals surface area contributed by atoms with Crippen molar-refractivity contribution in [3.05, 3.63) is 11.9 Å². The van der Waals surface area contributed by atoms with E-state index in [9.17, 15) is 0 Å². The van der Waals surface area contributed by atoms with Gasteiger partial charge >= 0.3 is 0 Å². The number of nitrogens with zero attached hydrogens (tertiary/aromatic N) is 3. The minimum absolute atomic E-state index is 0.873. The molecule has 14 heavy (non-hydrogen) atoms. The van der Waals surface area contributed by atoms with Crippen LogP contribution >= 0.6 is 0 Å². The van der Waals surface area contributed by atoms with E-state index in [4.69, 9.17) is 0 Å². The second kappa shape index (κ2) is 5.58. The highest BCUT2D eigenvalue weighted by atomic mass is 15.1. The zero-order chi connectivity index (χ0) is 10.4. The fraction of sp³-hybridized carbons (Fsp3) is 0.636. The average molecular weight is 193 g/mol. The first-order valence-electron chi connectivity index (χ1n) is 5.13. The van der Waals surface area contributed by atoms with Crippen molar-refractivity contribution in [2.24, 2.45) is 15.9 Å². The molecule has 3 nitrogen and oxygen atoms in total. The SMILES string of the molecule is C=N/C=N\C=C(/C)N1CCC(C)CC1. The van der Waals surface area contributed by atoms with Gasteiger partial charge in [-0.05, 0) is 32.4 Å². The lowest BCUT2D eigenvalue weighted by Gasteiger charge is -2.32. The lowest BCUT2D eigenvalue weighted by atomic mass is 9.99. The Bertz CT molecular complexity index is 235. The van der Waals surface area contributed by atoms with Gasteiger partial charge in [0.25, 0.3) is 0 Å². The molecular weight excluding hydrogens is 174 g/mol. The van der Waals surface area contributed by atoms with Crippen molar-refractivity contribution in [2.45, 2.75) is 26.7 Å². The second-order valence-corrected chi connectivity index (χ2v) is 3.89. The lowest BCUT2D eigenvalue weighted by molar-refractivity contribution is 0.237. The largest absolute Gasteiger partial charge is 0.374 e. The Morgan fingerprint density at radius 2 is 2.07 bits per heavy atom. The maximum atomic E-state index is 4.03. The highest BCUT2D eigenvalue weighted by Crippen LogP contribution is 2.19. The summed E-state index contributed by atoms with van der Waals surface area (Å²) < 4.78 is 0. The Kier molecular flexibility index (Phi) is 4.36. The molecule has 0 spiro atoms. The summed E-state index contributed by atoms with van der Waals surface area (Å²) in [5, 5.41) is 0. The Balaban J connectivity index is 2.44. The van der Waals surface area contributed by atoms with Crippen LogP contribution in [0.5, 0.6) is 0 Å². The van der Waals surface area contributed by atoms with Crippen molar-refractivity contribution >= 4 is 13.1 Å². The van der Waals surface area contributed by atoms with E-state index >= 15 is 0 Å². The van der Waals surface area contributed by atoms with Crippen molar-refractivity contribution < 1.29 is 0 Å². The molecule has 0 aromatic heterocycles. The summed E-state index contributed by atoms with van der Waals surface area (Å²) in [6.45, 7) is 10.1. The maximum Gasteiger partial charge on any atom is 0.114 e. The van der Waals surface area contributed by atoms with Crippen molar-refractivity contribution in [3.63, 3.8) is 0 Å². The van der Waals surface area contributed by atoms with Gasteiger partial charge in [-0.25, -0.2) is 4.99 Å². The fourth-order valence-corrected chi connectivity index (χ4v) is 1.63. The molecule has 3 heteroatoms. The lowest BCUT2D eigenvalue weighted by Crippen LogP contribution is -2.31. The molecule has 1 rings (SSSR count). The van der Waals surface area contributed by atoms with E-state index in [-0.39, 0.29) is 0 Å². The van der Waals surface area contributed by atoms with Crippen LogP contribution in [0.3, 0.4) is 0 Å². The topological polar surface area (TPSA) is 28.0 Å². The highest BCUT2D eigenvalue weighted by Gasteiger charge is 2.15. The maximum absolute atomic E-state index is 4.03. The zero-order valence-electron chi connectivity index (χ0n) is 9.11. The van der Waals surface area contributed by atoms with Crippen LogP contribution < -0.4 is 0 Å². The Morgan fingerprint density at radius 1 is 1.43 bits per heavy atom. The summed E-state index contributed by atoms with van der Waals surface area (Å²) in [6.07, 6.45) is 5.89. The van der Waals surface area contributed by atoms with Crippen molar-refractivity contribution in [2.75, 3.05) is 13.1 Å².